The van der Waals surface area contributed by atoms with Gasteiger partial charge in [0.25, 0.3) is 11.8 Å². The molecule has 0 fully saturated rings. The van der Waals surface area contributed by atoms with E-state index in [9.17, 15) is 9.59 Å². The van der Waals surface area contributed by atoms with Gasteiger partial charge in [-0.3, -0.25) is 9.59 Å². The molecule has 0 radical (unpaired) electrons. The Morgan fingerprint density at radius 1 is 0.405 bits per heavy atom. The number of nitrogens with zero attached hydrogens (tertiary/aromatic N) is 2. The zero-order valence-corrected chi connectivity index (χ0v) is 22.6. The molecule has 4 nitrogen and oxygen atoms in total. The van der Waals surface area contributed by atoms with E-state index in [0.29, 0.717) is 22.5 Å². The number of hydrogen-bond acceptors (Lipinski definition) is 2. The van der Waals surface area contributed by atoms with Crippen molar-refractivity contribution in [1.82, 2.24) is 4.57 Å². The fourth-order valence-electron chi connectivity index (χ4n) is 6.24. The summed E-state index contributed by atoms with van der Waals surface area (Å²) in [4.78, 5) is 29.7. The minimum Gasteiger partial charge on any atom is -0.308 e. The van der Waals surface area contributed by atoms with Gasteiger partial charge in [-0.15, -0.1) is 0 Å². The predicted octanol–water partition coefficient (Wildman–Crippen LogP) is 8.92. The second kappa shape index (κ2) is 9.43. The number of rotatable bonds is 4. The largest absolute Gasteiger partial charge is 0.308 e. The first-order valence-electron chi connectivity index (χ1n) is 14.0. The molecule has 42 heavy (non-hydrogen) atoms. The minimum atomic E-state index is -0.320. The molecule has 1 aromatic heterocycles. The van der Waals surface area contributed by atoms with Gasteiger partial charge in [0, 0.05) is 16.3 Å². The van der Waals surface area contributed by atoms with Crippen molar-refractivity contribution < 1.29 is 9.59 Å². The molecule has 0 spiro atoms. The Morgan fingerprint density at radius 2 is 1.02 bits per heavy atom. The Kier molecular flexibility index (Phi) is 5.41. The third kappa shape index (κ3) is 3.55. The van der Waals surface area contributed by atoms with Crippen LogP contribution < -0.4 is 4.90 Å². The van der Waals surface area contributed by atoms with E-state index in [1.54, 1.807) is 6.07 Å². The van der Waals surface area contributed by atoms with E-state index in [1.165, 1.54) is 4.90 Å². The topological polar surface area (TPSA) is 42.3 Å². The van der Waals surface area contributed by atoms with Crippen LogP contribution in [0.4, 0.5) is 5.69 Å². The third-order valence-electron chi connectivity index (χ3n) is 8.14. The van der Waals surface area contributed by atoms with E-state index in [1.807, 2.05) is 97.1 Å². The fourth-order valence-corrected chi connectivity index (χ4v) is 6.24. The first-order valence-corrected chi connectivity index (χ1v) is 14.0. The first-order chi connectivity index (χ1) is 20.7. The van der Waals surface area contributed by atoms with Crippen molar-refractivity contribution in [2.45, 2.75) is 0 Å². The van der Waals surface area contributed by atoms with Gasteiger partial charge in [-0.2, -0.15) is 0 Å². The SMILES string of the molecule is O=C1c2cccc(-n3c4ccccc4c4ccc(-c5ccccc5)cc43)c2C(=O)N1c1ccccc1-c1ccccc1. The summed E-state index contributed by atoms with van der Waals surface area (Å²) in [7, 11) is 0. The van der Waals surface area contributed by atoms with E-state index in [4.69, 9.17) is 0 Å². The van der Waals surface area contributed by atoms with Gasteiger partial charge in [0.05, 0.1) is 33.5 Å². The third-order valence-corrected chi connectivity index (χ3v) is 8.14. The summed E-state index contributed by atoms with van der Waals surface area (Å²) < 4.78 is 2.13. The Bertz CT molecular complexity index is 2180. The van der Waals surface area contributed by atoms with Crippen LogP contribution in [-0.4, -0.2) is 16.4 Å². The van der Waals surface area contributed by atoms with Crippen LogP contribution in [0.5, 0.6) is 0 Å². The van der Waals surface area contributed by atoms with Crippen molar-refractivity contribution in [1.29, 1.82) is 0 Å². The maximum absolute atomic E-state index is 14.4. The van der Waals surface area contributed by atoms with Crippen LogP contribution in [0.25, 0.3) is 49.7 Å². The van der Waals surface area contributed by atoms with Gasteiger partial charge in [0.2, 0.25) is 0 Å². The molecule has 1 aliphatic heterocycles. The number of carbonyl (C=O) groups excluding carboxylic acids is 2. The lowest BCUT2D eigenvalue weighted by Crippen LogP contribution is -2.30. The lowest BCUT2D eigenvalue weighted by atomic mass is 10.0. The Balaban J connectivity index is 1.36. The van der Waals surface area contributed by atoms with E-state index < -0.39 is 0 Å². The molecule has 0 bridgehead atoms. The molecular formula is C38H24N2O2. The normalized spacial score (nSPS) is 12.8. The molecule has 6 aromatic carbocycles. The van der Waals surface area contributed by atoms with E-state index in [2.05, 4.69) is 47.0 Å². The van der Waals surface area contributed by atoms with Crippen molar-refractivity contribution in [3.63, 3.8) is 0 Å². The number of anilines is 1. The number of amides is 2. The fraction of sp³-hybridized carbons (Fsp3) is 0. The molecule has 0 N–H and O–H groups in total. The molecule has 0 atom stereocenters. The maximum atomic E-state index is 14.4. The number of carbonyl (C=O) groups is 2. The summed E-state index contributed by atoms with van der Waals surface area (Å²) in [6.45, 7) is 0. The van der Waals surface area contributed by atoms with E-state index in [-0.39, 0.29) is 11.8 Å². The van der Waals surface area contributed by atoms with Gasteiger partial charge in [0.15, 0.2) is 0 Å². The minimum absolute atomic E-state index is 0.314. The van der Waals surface area contributed by atoms with Crippen LogP contribution in [0.2, 0.25) is 0 Å². The summed E-state index contributed by atoms with van der Waals surface area (Å²) in [5, 5.41) is 2.18. The van der Waals surface area contributed by atoms with Crippen molar-refractivity contribution >= 4 is 39.3 Å². The summed E-state index contributed by atoms with van der Waals surface area (Å²) in [6, 6.07) is 48.0. The number of imide groups is 1. The Hall–Kier alpha value is -5.74. The summed E-state index contributed by atoms with van der Waals surface area (Å²) >= 11 is 0. The van der Waals surface area contributed by atoms with Crippen molar-refractivity contribution in [2.24, 2.45) is 0 Å². The van der Waals surface area contributed by atoms with Crippen LogP contribution in [0.1, 0.15) is 20.7 Å². The molecule has 2 amide bonds. The van der Waals surface area contributed by atoms with Gasteiger partial charge in [-0.1, -0.05) is 115 Å². The van der Waals surface area contributed by atoms with Gasteiger partial charge in [-0.05, 0) is 47.0 Å². The molecule has 7 aromatic rings. The number of fused-ring (bicyclic) bond motifs is 4. The molecular weight excluding hydrogens is 516 g/mol. The van der Waals surface area contributed by atoms with Crippen LogP contribution in [-0.2, 0) is 0 Å². The summed E-state index contributed by atoms with van der Waals surface area (Å²) in [6.07, 6.45) is 0. The highest BCUT2D eigenvalue weighted by Crippen LogP contribution is 2.40. The zero-order chi connectivity index (χ0) is 28.2. The van der Waals surface area contributed by atoms with Crippen LogP contribution in [0.3, 0.4) is 0 Å². The maximum Gasteiger partial charge on any atom is 0.268 e. The Morgan fingerprint density at radius 3 is 1.83 bits per heavy atom. The second-order valence-corrected chi connectivity index (χ2v) is 10.5. The van der Waals surface area contributed by atoms with Gasteiger partial charge >= 0.3 is 0 Å². The molecule has 4 heteroatoms. The number of benzene rings is 6. The molecule has 0 aliphatic carbocycles. The van der Waals surface area contributed by atoms with E-state index in [0.717, 1.165) is 44.1 Å². The van der Waals surface area contributed by atoms with Crippen molar-refractivity contribution in [3.8, 4) is 27.9 Å². The highest BCUT2D eigenvalue weighted by molar-refractivity contribution is 6.36. The molecule has 198 valence electrons. The lowest BCUT2D eigenvalue weighted by molar-refractivity contribution is 0.0926. The smallest absolute Gasteiger partial charge is 0.268 e. The van der Waals surface area contributed by atoms with Crippen molar-refractivity contribution in [2.75, 3.05) is 4.90 Å². The average Bonchev–Trinajstić information content (AvgIpc) is 3.52. The molecule has 0 saturated heterocycles. The quantitative estimate of drug-likeness (QED) is 0.209. The van der Waals surface area contributed by atoms with Gasteiger partial charge in [-0.25, -0.2) is 4.90 Å². The highest BCUT2D eigenvalue weighted by Gasteiger charge is 2.40. The molecule has 1 aliphatic rings. The number of para-hydroxylation sites is 2. The van der Waals surface area contributed by atoms with Crippen LogP contribution >= 0.6 is 0 Å². The van der Waals surface area contributed by atoms with Gasteiger partial charge < -0.3 is 4.57 Å². The van der Waals surface area contributed by atoms with Gasteiger partial charge in [0.1, 0.15) is 0 Å². The zero-order valence-electron chi connectivity index (χ0n) is 22.6. The summed E-state index contributed by atoms with van der Waals surface area (Å²) in [5.41, 5.74) is 8.04. The average molecular weight is 541 g/mol. The molecule has 0 unspecified atom stereocenters. The molecule has 0 saturated carbocycles. The standard InChI is InChI=1S/C38H24N2O2/c41-37-31-18-11-21-34(36(31)38(42)40(37)32-19-9-7-16-28(32)26-14-5-2-6-15-26)39-33-20-10-8-17-29(33)30-23-22-27(24-35(30)39)25-12-3-1-4-13-25/h1-24H. The molecule has 2 heterocycles. The lowest BCUT2D eigenvalue weighted by Gasteiger charge is -2.18. The Labute approximate surface area is 242 Å². The summed E-state index contributed by atoms with van der Waals surface area (Å²) in [5.74, 6) is -0.634. The predicted molar refractivity (Wildman–Crippen MR) is 169 cm³/mol. The van der Waals surface area contributed by atoms with E-state index >= 15 is 0 Å². The van der Waals surface area contributed by atoms with Crippen LogP contribution in [0, 0.1) is 0 Å². The number of aromatic nitrogens is 1. The molecule has 8 rings (SSSR count). The van der Waals surface area contributed by atoms with Crippen LogP contribution in [0.15, 0.2) is 146 Å². The monoisotopic (exact) mass is 540 g/mol. The first kappa shape index (κ1) is 24.1. The number of hydrogen-bond donors (Lipinski definition) is 0. The van der Waals surface area contributed by atoms with Crippen molar-refractivity contribution in [3.05, 3.63) is 157 Å². The second-order valence-electron chi connectivity index (χ2n) is 10.5. The highest BCUT2D eigenvalue weighted by atomic mass is 16.2.